The zero-order valence-corrected chi connectivity index (χ0v) is 11.8. The SMILES string of the molecule is CCc1cnc(CNC(=O)c2sccc2C#CCO)o1. The standard InChI is InChI=1S/C14H14N2O3S/c1-2-11-8-15-12(19-11)9-16-14(18)13-10(4-3-6-17)5-7-20-13/h5,7-8,17H,2,6,9H2,1H3,(H,16,18). The molecule has 0 aliphatic rings. The van der Waals surface area contributed by atoms with Gasteiger partial charge < -0.3 is 14.8 Å². The van der Waals surface area contributed by atoms with E-state index in [1.165, 1.54) is 11.3 Å². The number of aliphatic hydroxyl groups is 1. The van der Waals surface area contributed by atoms with Crippen LogP contribution in [0.2, 0.25) is 0 Å². The summed E-state index contributed by atoms with van der Waals surface area (Å²) in [4.78, 5) is 16.6. The number of aliphatic hydroxyl groups excluding tert-OH is 1. The van der Waals surface area contributed by atoms with Crippen molar-refractivity contribution in [2.45, 2.75) is 19.9 Å². The molecule has 0 bridgehead atoms. The maximum absolute atomic E-state index is 12.0. The van der Waals surface area contributed by atoms with Crippen molar-refractivity contribution in [1.29, 1.82) is 0 Å². The molecule has 0 aromatic carbocycles. The van der Waals surface area contributed by atoms with Gasteiger partial charge in [-0.3, -0.25) is 4.79 Å². The number of hydrogen-bond donors (Lipinski definition) is 2. The molecular formula is C14H14N2O3S. The van der Waals surface area contributed by atoms with E-state index in [4.69, 9.17) is 9.52 Å². The van der Waals surface area contributed by atoms with Crippen LogP contribution in [0.1, 0.15) is 33.8 Å². The lowest BCUT2D eigenvalue weighted by molar-refractivity contribution is 0.0951. The van der Waals surface area contributed by atoms with Crippen LogP contribution in [0.5, 0.6) is 0 Å². The number of amides is 1. The van der Waals surface area contributed by atoms with E-state index in [2.05, 4.69) is 22.1 Å². The second-order valence-electron chi connectivity index (χ2n) is 3.88. The molecule has 6 heteroatoms. The molecule has 2 heterocycles. The Hall–Kier alpha value is -2.10. The second-order valence-corrected chi connectivity index (χ2v) is 4.80. The minimum absolute atomic E-state index is 0.224. The molecule has 0 saturated heterocycles. The number of carbonyl (C=O) groups excluding carboxylic acids is 1. The molecule has 0 fully saturated rings. The number of thiophene rings is 1. The number of hydrogen-bond acceptors (Lipinski definition) is 5. The first-order valence-electron chi connectivity index (χ1n) is 6.13. The van der Waals surface area contributed by atoms with Crippen molar-refractivity contribution in [3.05, 3.63) is 39.7 Å². The zero-order valence-electron chi connectivity index (χ0n) is 11.0. The van der Waals surface area contributed by atoms with Crippen molar-refractivity contribution in [2.24, 2.45) is 0 Å². The number of nitrogens with zero attached hydrogens (tertiary/aromatic N) is 1. The van der Waals surface area contributed by atoms with E-state index in [1.54, 1.807) is 17.6 Å². The summed E-state index contributed by atoms with van der Waals surface area (Å²) in [7, 11) is 0. The first kappa shape index (κ1) is 14.3. The van der Waals surface area contributed by atoms with Crippen molar-refractivity contribution in [3.8, 4) is 11.8 Å². The van der Waals surface area contributed by atoms with E-state index in [-0.39, 0.29) is 19.1 Å². The summed E-state index contributed by atoms with van der Waals surface area (Å²) in [5, 5.41) is 13.2. The molecule has 0 spiro atoms. The summed E-state index contributed by atoms with van der Waals surface area (Å²) in [6.07, 6.45) is 2.43. The fourth-order valence-electron chi connectivity index (χ4n) is 1.55. The van der Waals surface area contributed by atoms with E-state index in [0.717, 1.165) is 12.2 Å². The maximum atomic E-state index is 12.0. The summed E-state index contributed by atoms with van der Waals surface area (Å²) in [6, 6.07) is 1.75. The van der Waals surface area contributed by atoms with Crippen molar-refractivity contribution >= 4 is 17.2 Å². The highest BCUT2D eigenvalue weighted by molar-refractivity contribution is 7.12. The van der Waals surface area contributed by atoms with Gasteiger partial charge in [0.15, 0.2) is 0 Å². The molecule has 0 aliphatic carbocycles. The van der Waals surface area contributed by atoms with Crippen LogP contribution in [0.25, 0.3) is 0 Å². The third-order valence-electron chi connectivity index (χ3n) is 2.52. The smallest absolute Gasteiger partial charge is 0.263 e. The van der Waals surface area contributed by atoms with Crippen molar-refractivity contribution in [3.63, 3.8) is 0 Å². The number of aryl methyl sites for hydroxylation is 1. The predicted molar refractivity (Wildman–Crippen MR) is 75.3 cm³/mol. The van der Waals surface area contributed by atoms with Crippen LogP contribution in [-0.2, 0) is 13.0 Å². The lowest BCUT2D eigenvalue weighted by Gasteiger charge is -2.01. The molecule has 2 rings (SSSR count). The van der Waals surface area contributed by atoms with Crippen LogP contribution in [0.3, 0.4) is 0 Å². The van der Waals surface area contributed by atoms with Crippen LogP contribution in [0.15, 0.2) is 22.1 Å². The van der Waals surface area contributed by atoms with Crippen LogP contribution in [0.4, 0.5) is 0 Å². The summed E-state index contributed by atoms with van der Waals surface area (Å²) >= 11 is 1.31. The Labute approximate surface area is 120 Å². The molecule has 2 aromatic heterocycles. The molecule has 0 atom stereocenters. The van der Waals surface area contributed by atoms with Gasteiger partial charge >= 0.3 is 0 Å². The van der Waals surface area contributed by atoms with Crippen molar-refractivity contribution in [2.75, 3.05) is 6.61 Å². The fourth-order valence-corrected chi connectivity index (χ4v) is 2.31. The maximum Gasteiger partial charge on any atom is 0.263 e. The monoisotopic (exact) mass is 290 g/mol. The molecule has 2 N–H and O–H groups in total. The lowest BCUT2D eigenvalue weighted by Crippen LogP contribution is -2.22. The Morgan fingerprint density at radius 3 is 3.15 bits per heavy atom. The molecule has 20 heavy (non-hydrogen) atoms. The molecule has 0 aliphatic heterocycles. The Morgan fingerprint density at radius 1 is 1.60 bits per heavy atom. The highest BCUT2D eigenvalue weighted by Gasteiger charge is 2.12. The number of rotatable bonds is 4. The largest absolute Gasteiger partial charge is 0.444 e. The van der Waals surface area contributed by atoms with E-state index in [0.29, 0.717) is 16.3 Å². The van der Waals surface area contributed by atoms with Crippen molar-refractivity contribution in [1.82, 2.24) is 10.3 Å². The van der Waals surface area contributed by atoms with Crippen LogP contribution < -0.4 is 5.32 Å². The summed E-state index contributed by atoms with van der Waals surface area (Å²) in [5.41, 5.74) is 0.614. The summed E-state index contributed by atoms with van der Waals surface area (Å²) < 4.78 is 5.41. The number of nitrogens with one attached hydrogen (secondary N) is 1. The fraction of sp³-hybridized carbons (Fsp3) is 0.286. The molecule has 104 valence electrons. The minimum Gasteiger partial charge on any atom is -0.444 e. The first-order valence-corrected chi connectivity index (χ1v) is 7.01. The number of carbonyl (C=O) groups is 1. The number of aromatic nitrogens is 1. The van der Waals surface area contributed by atoms with E-state index in [1.807, 2.05) is 6.92 Å². The van der Waals surface area contributed by atoms with E-state index < -0.39 is 0 Å². The van der Waals surface area contributed by atoms with Crippen LogP contribution in [-0.4, -0.2) is 22.6 Å². The molecular weight excluding hydrogens is 276 g/mol. The molecule has 0 radical (unpaired) electrons. The number of oxazole rings is 1. The zero-order chi connectivity index (χ0) is 14.4. The molecule has 2 aromatic rings. The van der Waals surface area contributed by atoms with E-state index >= 15 is 0 Å². The van der Waals surface area contributed by atoms with Crippen LogP contribution >= 0.6 is 11.3 Å². The van der Waals surface area contributed by atoms with Crippen LogP contribution in [0, 0.1) is 11.8 Å². The Balaban J connectivity index is 2.00. The predicted octanol–water partition coefficient (Wildman–Crippen LogP) is 1.57. The van der Waals surface area contributed by atoms with Gasteiger partial charge in [0.05, 0.1) is 12.7 Å². The average Bonchev–Trinajstić information content (AvgIpc) is 3.11. The van der Waals surface area contributed by atoms with Gasteiger partial charge in [0.2, 0.25) is 5.89 Å². The van der Waals surface area contributed by atoms with E-state index in [9.17, 15) is 4.79 Å². The second kappa shape index (κ2) is 6.89. The molecule has 5 nitrogen and oxygen atoms in total. The normalized spacial score (nSPS) is 9.90. The Kier molecular flexibility index (Phi) is 4.93. The summed E-state index contributed by atoms with van der Waals surface area (Å²) in [5.74, 6) is 6.33. The average molecular weight is 290 g/mol. The van der Waals surface area contributed by atoms with Gasteiger partial charge in [0.1, 0.15) is 17.2 Å². The summed E-state index contributed by atoms with van der Waals surface area (Å²) in [6.45, 7) is 1.98. The first-order chi connectivity index (χ1) is 9.74. The van der Waals surface area contributed by atoms with Gasteiger partial charge in [-0.2, -0.15) is 0 Å². The molecule has 0 saturated carbocycles. The highest BCUT2D eigenvalue weighted by atomic mass is 32.1. The van der Waals surface area contributed by atoms with Gasteiger partial charge in [-0.25, -0.2) is 4.98 Å². The quantitative estimate of drug-likeness (QED) is 0.838. The topological polar surface area (TPSA) is 75.4 Å². The van der Waals surface area contributed by atoms with Gasteiger partial charge in [-0.1, -0.05) is 18.8 Å². The molecule has 1 amide bonds. The third-order valence-corrected chi connectivity index (χ3v) is 3.44. The minimum atomic E-state index is -0.229. The van der Waals surface area contributed by atoms with Gasteiger partial charge in [-0.05, 0) is 11.4 Å². The van der Waals surface area contributed by atoms with Gasteiger partial charge in [0.25, 0.3) is 5.91 Å². The highest BCUT2D eigenvalue weighted by Crippen LogP contribution is 2.15. The Bertz CT molecular complexity index is 649. The Morgan fingerprint density at radius 2 is 2.45 bits per heavy atom. The van der Waals surface area contributed by atoms with Gasteiger partial charge in [-0.15, -0.1) is 11.3 Å². The lowest BCUT2D eigenvalue weighted by atomic mass is 10.2. The molecule has 0 unspecified atom stereocenters. The third kappa shape index (κ3) is 3.47. The van der Waals surface area contributed by atoms with Crippen molar-refractivity contribution < 1.29 is 14.3 Å². The van der Waals surface area contributed by atoms with Gasteiger partial charge in [0, 0.05) is 12.0 Å².